The van der Waals surface area contributed by atoms with E-state index in [1.54, 1.807) is 7.05 Å². The molecule has 0 aliphatic rings. The van der Waals surface area contributed by atoms with Crippen LogP contribution in [0.15, 0.2) is 0 Å². The topological polar surface area (TPSA) is 60.9 Å². The van der Waals surface area contributed by atoms with Gasteiger partial charge in [-0.2, -0.15) is 17.0 Å². The molecule has 0 rings (SSSR count). The van der Waals surface area contributed by atoms with Crippen LogP contribution in [0.5, 0.6) is 0 Å². The third kappa shape index (κ3) is 4.37. The van der Waals surface area contributed by atoms with Gasteiger partial charge in [-0.15, -0.1) is 0 Å². The Morgan fingerprint density at radius 3 is 2.19 bits per heavy atom. The number of aliphatic hydroxyl groups excluding tert-OH is 1. The van der Waals surface area contributed by atoms with Crippen molar-refractivity contribution in [3.05, 3.63) is 0 Å². The minimum Gasteiger partial charge on any atom is -0.395 e. The molecule has 0 radical (unpaired) electrons. The quantitative estimate of drug-likeness (QED) is 0.690. The molecule has 98 valence electrons. The first kappa shape index (κ1) is 15.8. The molecule has 6 heteroatoms. The normalized spacial score (nSPS) is 13.0. The molecule has 0 spiro atoms. The summed E-state index contributed by atoms with van der Waals surface area (Å²) in [5, 5.41) is 8.90. The first-order chi connectivity index (χ1) is 7.37. The zero-order valence-electron chi connectivity index (χ0n) is 10.7. The van der Waals surface area contributed by atoms with Gasteiger partial charge in [-0.25, -0.2) is 0 Å². The van der Waals surface area contributed by atoms with E-state index in [4.69, 9.17) is 5.11 Å². The van der Waals surface area contributed by atoms with Crippen molar-refractivity contribution in [1.82, 2.24) is 8.61 Å². The van der Waals surface area contributed by atoms with Gasteiger partial charge in [0.25, 0.3) is 10.2 Å². The largest absolute Gasteiger partial charge is 0.395 e. The summed E-state index contributed by atoms with van der Waals surface area (Å²) in [6.45, 7) is 6.16. The first-order valence-electron chi connectivity index (χ1n) is 5.71. The lowest BCUT2D eigenvalue weighted by Crippen LogP contribution is -2.46. The molecule has 0 atom stereocenters. The Bertz CT molecular complexity index is 278. The van der Waals surface area contributed by atoms with Crippen LogP contribution >= 0.6 is 0 Å². The van der Waals surface area contributed by atoms with Crippen molar-refractivity contribution in [2.45, 2.75) is 39.7 Å². The van der Waals surface area contributed by atoms with Gasteiger partial charge in [-0.3, -0.25) is 0 Å². The standard InChI is InChI=1S/C10H24N2O3S/c1-5-6-7-12(8-9-13)16(14,15)11(4)10(2)3/h10,13H,5-9H2,1-4H3. The number of hydrogen-bond acceptors (Lipinski definition) is 3. The van der Waals surface area contributed by atoms with Gasteiger partial charge in [0.15, 0.2) is 0 Å². The molecule has 1 N–H and O–H groups in total. The van der Waals surface area contributed by atoms with Gasteiger partial charge < -0.3 is 5.11 Å². The van der Waals surface area contributed by atoms with Gasteiger partial charge in [0, 0.05) is 26.2 Å². The highest BCUT2D eigenvalue weighted by Gasteiger charge is 2.27. The van der Waals surface area contributed by atoms with E-state index in [1.807, 2.05) is 20.8 Å². The summed E-state index contributed by atoms with van der Waals surface area (Å²) in [6, 6.07) is -0.0761. The van der Waals surface area contributed by atoms with Crippen LogP contribution in [-0.4, -0.2) is 54.9 Å². The second-order valence-electron chi connectivity index (χ2n) is 4.09. The average molecular weight is 252 g/mol. The molecule has 0 aliphatic carbocycles. The second-order valence-corrected chi connectivity index (χ2v) is 6.08. The molecule has 0 fully saturated rings. The minimum atomic E-state index is -3.43. The summed E-state index contributed by atoms with van der Waals surface area (Å²) in [4.78, 5) is 0. The van der Waals surface area contributed by atoms with Crippen LogP contribution in [0, 0.1) is 0 Å². The number of unbranched alkanes of at least 4 members (excludes halogenated alkanes) is 1. The SMILES string of the molecule is CCCCN(CCO)S(=O)(=O)N(C)C(C)C. The molecule has 0 amide bonds. The van der Waals surface area contributed by atoms with Crippen molar-refractivity contribution in [3.8, 4) is 0 Å². The Labute approximate surface area is 99.2 Å². The van der Waals surface area contributed by atoms with E-state index in [0.29, 0.717) is 6.54 Å². The lowest BCUT2D eigenvalue weighted by atomic mass is 10.3. The van der Waals surface area contributed by atoms with Crippen molar-refractivity contribution in [3.63, 3.8) is 0 Å². The number of aliphatic hydroxyl groups is 1. The Kier molecular flexibility index (Phi) is 7.14. The molecule has 0 aromatic carbocycles. The van der Waals surface area contributed by atoms with E-state index in [9.17, 15) is 8.42 Å². The molecular formula is C10H24N2O3S. The summed E-state index contributed by atoms with van der Waals surface area (Å²) in [7, 11) is -1.86. The monoisotopic (exact) mass is 252 g/mol. The summed E-state index contributed by atoms with van der Waals surface area (Å²) >= 11 is 0. The molecule has 0 bridgehead atoms. The van der Waals surface area contributed by atoms with E-state index in [-0.39, 0.29) is 19.2 Å². The summed E-state index contributed by atoms with van der Waals surface area (Å²) in [5.74, 6) is 0. The highest BCUT2D eigenvalue weighted by atomic mass is 32.2. The molecule has 0 heterocycles. The fourth-order valence-electron chi connectivity index (χ4n) is 1.24. The van der Waals surface area contributed by atoms with Gasteiger partial charge >= 0.3 is 0 Å². The van der Waals surface area contributed by atoms with Crippen LogP contribution in [-0.2, 0) is 10.2 Å². The van der Waals surface area contributed by atoms with Crippen molar-refractivity contribution < 1.29 is 13.5 Å². The fourth-order valence-corrected chi connectivity index (χ4v) is 2.81. The molecule has 0 saturated carbocycles. The van der Waals surface area contributed by atoms with Gasteiger partial charge in [0.1, 0.15) is 0 Å². The van der Waals surface area contributed by atoms with E-state index >= 15 is 0 Å². The Hall–Kier alpha value is -0.170. The zero-order valence-corrected chi connectivity index (χ0v) is 11.5. The van der Waals surface area contributed by atoms with E-state index in [0.717, 1.165) is 12.8 Å². The van der Waals surface area contributed by atoms with E-state index in [2.05, 4.69) is 0 Å². The predicted octanol–water partition coefficient (Wildman–Crippen LogP) is 0.666. The molecule has 16 heavy (non-hydrogen) atoms. The molecule has 0 aromatic rings. The lowest BCUT2D eigenvalue weighted by Gasteiger charge is -2.29. The molecule has 0 saturated heterocycles. The maximum Gasteiger partial charge on any atom is 0.282 e. The third-order valence-corrected chi connectivity index (χ3v) is 4.70. The van der Waals surface area contributed by atoms with Gasteiger partial charge in [-0.05, 0) is 20.3 Å². The summed E-state index contributed by atoms with van der Waals surface area (Å²) in [5.41, 5.74) is 0. The third-order valence-electron chi connectivity index (χ3n) is 2.53. The van der Waals surface area contributed by atoms with Crippen molar-refractivity contribution >= 4 is 10.2 Å². The van der Waals surface area contributed by atoms with Gasteiger partial charge in [0.2, 0.25) is 0 Å². The van der Waals surface area contributed by atoms with Crippen LogP contribution < -0.4 is 0 Å². The summed E-state index contributed by atoms with van der Waals surface area (Å²) < 4.78 is 26.9. The van der Waals surface area contributed by atoms with Crippen molar-refractivity contribution in [2.75, 3.05) is 26.7 Å². The highest BCUT2D eigenvalue weighted by molar-refractivity contribution is 7.86. The molecule has 5 nitrogen and oxygen atoms in total. The lowest BCUT2D eigenvalue weighted by molar-refractivity contribution is 0.241. The number of rotatable bonds is 8. The minimum absolute atomic E-state index is 0.0761. The predicted molar refractivity (Wildman–Crippen MR) is 65.4 cm³/mol. The van der Waals surface area contributed by atoms with Crippen LogP contribution in [0.4, 0.5) is 0 Å². The van der Waals surface area contributed by atoms with E-state index < -0.39 is 10.2 Å². The van der Waals surface area contributed by atoms with Crippen LogP contribution in [0.3, 0.4) is 0 Å². The number of hydrogen-bond donors (Lipinski definition) is 1. The van der Waals surface area contributed by atoms with Crippen molar-refractivity contribution in [1.29, 1.82) is 0 Å². The van der Waals surface area contributed by atoms with Crippen LogP contribution in [0.1, 0.15) is 33.6 Å². The molecule has 0 aliphatic heterocycles. The Balaban J connectivity index is 4.74. The van der Waals surface area contributed by atoms with Crippen LogP contribution in [0.25, 0.3) is 0 Å². The van der Waals surface area contributed by atoms with Gasteiger partial charge in [-0.1, -0.05) is 13.3 Å². The van der Waals surface area contributed by atoms with Crippen LogP contribution in [0.2, 0.25) is 0 Å². The molecular weight excluding hydrogens is 228 g/mol. The number of nitrogens with zero attached hydrogens (tertiary/aromatic N) is 2. The zero-order chi connectivity index (χ0) is 12.8. The first-order valence-corrected chi connectivity index (χ1v) is 7.11. The second kappa shape index (κ2) is 7.21. The van der Waals surface area contributed by atoms with E-state index in [1.165, 1.54) is 8.61 Å². The highest BCUT2D eigenvalue weighted by Crippen LogP contribution is 2.10. The Morgan fingerprint density at radius 2 is 1.81 bits per heavy atom. The maximum atomic E-state index is 12.1. The molecule has 0 aromatic heterocycles. The van der Waals surface area contributed by atoms with Crippen molar-refractivity contribution in [2.24, 2.45) is 0 Å². The fraction of sp³-hybridized carbons (Fsp3) is 1.00. The molecule has 0 unspecified atom stereocenters. The Morgan fingerprint density at radius 1 is 1.25 bits per heavy atom. The smallest absolute Gasteiger partial charge is 0.282 e. The van der Waals surface area contributed by atoms with Gasteiger partial charge in [0.05, 0.1) is 6.61 Å². The maximum absolute atomic E-state index is 12.1. The summed E-state index contributed by atoms with van der Waals surface area (Å²) in [6.07, 6.45) is 1.74. The average Bonchev–Trinajstić information content (AvgIpc) is 2.22.